The van der Waals surface area contributed by atoms with E-state index < -0.39 is 10.7 Å². The van der Waals surface area contributed by atoms with Gasteiger partial charge in [-0.3, -0.25) is 4.79 Å². The first-order valence-corrected chi connectivity index (χ1v) is 6.87. The van der Waals surface area contributed by atoms with Gasteiger partial charge in [-0.05, 0) is 34.7 Å². The highest BCUT2D eigenvalue weighted by atomic mass is 35.5. The van der Waals surface area contributed by atoms with E-state index in [2.05, 4.69) is 10.0 Å². The van der Waals surface area contributed by atoms with Crippen molar-refractivity contribution in [3.8, 4) is 0 Å². The fraction of sp³-hybridized carbons (Fsp3) is 0.188. The standard InChI is InChI=1S/C16H14ClN3O/c17-15(21)16(12-19-20-18,14-9-5-2-6-10-14)11-13-7-3-1-4-8-13/h1-10H,11-12H2. The summed E-state index contributed by atoms with van der Waals surface area (Å²) in [5.74, 6) is 0. The molecule has 2 aromatic rings. The molecule has 2 rings (SSSR count). The molecule has 0 aliphatic rings. The van der Waals surface area contributed by atoms with Crippen molar-refractivity contribution in [3.05, 3.63) is 82.2 Å². The molecule has 0 aliphatic heterocycles. The fourth-order valence-corrected chi connectivity index (χ4v) is 2.58. The Morgan fingerprint density at radius 1 is 1.10 bits per heavy atom. The maximum absolute atomic E-state index is 12.2. The topological polar surface area (TPSA) is 65.8 Å². The molecule has 0 aliphatic carbocycles. The summed E-state index contributed by atoms with van der Waals surface area (Å²) in [5.41, 5.74) is 9.30. The minimum atomic E-state index is -1.05. The molecular formula is C16H14ClN3O. The molecule has 4 nitrogen and oxygen atoms in total. The number of hydrogen-bond acceptors (Lipinski definition) is 2. The van der Waals surface area contributed by atoms with Gasteiger partial charge in [-0.25, -0.2) is 0 Å². The van der Waals surface area contributed by atoms with Crippen molar-refractivity contribution in [2.45, 2.75) is 11.8 Å². The van der Waals surface area contributed by atoms with Gasteiger partial charge in [0.1, 0.15) is 0 Å². The van der Waals surface area contributed by atoms with E-state index in [9.17, 15) is 4.79 Å². The summed E-state index contributed by atoms with van der Waals surface area (Å²) >= 11 is 5.90. The van der Waals surface area contributed by atoms with Gasteiger partial charge in [0.15, 0.2) is 0 Å². The number of hydrogen-bond donors (Lipinski definition) is 0. The van der Waals surface area contributed by atoms with Crippen molar-refractivity contribution < 1.29 is 4.79 Å². The zero-order valence-corrected chi connectivity index (χ0v) is 12.1. The molecule has 0 fully saturated rings. The van der Waals surface area contributed by atoms with E-state index in [1.807, 2.05) is 60.7 Å². The maximum Gasteiger partial charge on any atom is 0.232 e. The normalized spacial score (nSPS) is 13.0. The highest BCUT2D eigenvalue weighted by Crippen LogP contribution is 2.32. The van der Waals surface area contributed by atoms with Crippen LogP contribution in [0, 0.1) is 0 Å². The van der Waals surface area contributed by atoms with Gasteiger partial charge in [0.2, 0.25) is 5.24 Å². The Balaban J connectivity index is 2.50. The van der Waals surface area contributed by atoms with Crippen LogP contribution < -0.4 is 0 Å². The molecular weight excluding hydrogens is 286 g/mol. The van der Waals surface area contributed by atoms with Crippen LogP contribution in [0.15, 0.2) is 65.8 Å². The Hall–Kier alpha value is -2.29. The van der Waals surface area contributed by atoms with Gasteiger partial charge >= 0.3 is 0 Å². The van der Waals surface area contributed by atoms with Crippen molar-refractivity contribution in [3.63, 3.8) is 0 Å². The van der Waals surface area contributed by atoms with Crippen LogP contribution in [0.2, 0.25) is 0 Å². The number of rotatable bonds is 6. The zero-order chi connectivity index (χ0) is 15.1. The maximum atomic E-state index is 12.2. The smallest absolute Gasteiger partial charge is 0.232 e. The van der Waals surface area contributed by atoms with Gasteiger partial charge in [-0.15, -0.1) is 0 Å². The summed E-state index contributed by atoms with van der Waals surface area (Å²) < 4.78 is 0. The number of nitrogens with zero attached hydrogens (tertiary/aromatic N) is 3. The van der Waals surface area contributed by atoms with Crippen LogP contribution in [0.5, 0.6) is 0 Å². The van der Waals surface area contributed by atoms with Gasteiger partial charge in [0.25, 0.3) is 0 Å². The number of benzene rings is 2. The lowest BCUT2D eigenvalue weighted by Crippen LogP contribution is -2.38. The summed E-state index contributed by atoms with van der Waals surface area (Å²) in [6, 6.07) is 18.8. The molecule has 0 amide bonds. The first-order chi connectivity index (χ1) is 10.2. The Bertz CT molecular complexity index is 654. The van der Waals surface area contributed by atoms with Gasteiger partial charge in [0, 0.05) is 11.5 Å². The first-order valence-electron chi connectivity index (χ1n) is 6.49. The Kier molecular flexibility index (Phi) is 4.99. The minimum Gasteiger partial charge on any atom is -0.280 e. The third-order valence-corrected chi connectivity index (χ3v) is 3.82. The average Bonchev–Trinajstić information content (AvgIpc) is 2.53. The second-order valence-corrected chi connectivity index (χ2v) is 5.12. The molecule has 1 atom stereocenters. The van der Waals surface area contributed by atoms with Crippen molar-refractivity contribution in [1.29, 1.82) is 0 Å². The molecule has 0 aromatic heterocycles. The second-order valence-electron chi connectivity index (χ2n) is 4.77. The van der Waals surface area contributed by atoms with E-state index in [0.29, 0.717) is 6.42 Å². The number of carbonyl (C=O) groups is 1. The third kappa shape index (κ3) is 3.43. The molecule has 0 heterocycles. The van der Waals surface area contributed by atoms with E-state index in [4.69, 9.17) is 17.1 Å². The van der Waals surface area contributed by atoms with E-state index in [0.717, 1.165) is 11.1 Å². The number of halogens is 1. The van der Waals surface area contributed by atoms with E-state index >= 15 is 0 Å². The van der Waals surface area contributed by atoms with Gasteiger partial charge < -0.3 is 0 Å². The van der Waals surface area contributed by atoms with Crippen molar-refractivity contribution in [1.82, 2.24) is 0 Å². The predicted molar refractivity (Wildman–Crippen MR) is 83.1 cm³/mol. The Labute approximate surface area is 128 Å². The zero-order valence-electron chi connectivity index (χ0n) is 11.3. The fourth-order valence-electron chi connectivity index (χ4n) is 2.35. The molecule has 1 unspecified atom stereocenters. The Morgan fingerprint density at radius 3 is 2.19 bits per heavy atom. The van der Waals surface area contributed by atoms with Gasteiger partial charge in [-0.2, -0.15) is 0 Å². The summed E-state index contributed by atoms with van der Waals surface area (Å²) in [6.45, 7) is -0.00919. The summed E-state index contributed by atoms with van der Waals surface area (Å²) in [6.07, 6.45) is 0.388. The highest BCUT2D eigenvalue weighted by Gasteiger charge is 2.38. The van der Waals surface area contributed by atoms with Crippen LogP contribution in [0.25, 0.3) is 10.4 Å². The van der Waals surface area contributed by atoms with Gasteiger partial charge in [-0.1, -0.05) is 65.8 Å². The summed E-state index contributed by atoms with van der Waals surface area (Å²) in [5, 5.41) is 3.09. The first kappa shape index (κ1) is 15.1. The molecule has 0 spiro atoms. The van der Waals surface area contributed by atoms with Crippen molar-refractivity contribution in [2.24, 2.45) is 5.11 Å². The molecule has 0 bridgehead atoms. The lowest BCUT2D eigenvalue weighted by atomic mass is 9.76. The monoisotopic (exact) mass is 299 g/mol. The van der Waals surface area contributed by atoms with E-state index in [-0.39, 0.29) is 6.54 Å². The molecule has 21 heavy (non-hydrogen) atoms. The summed E-state index contributed by atoms with van der Waals surface area (Å²) in [4.78, 5) is 14.9. The van der Waals surface area contributed by atoms with Crippen LogP contribution in [0.3, 0.4) is 0 Å². The summed E-state index contributed by atoms with van der Waals surface area (Å²) in [7, 11) is 0. The van der Waals surface area contributed by atoms with Crippen LogP contribution in [0.1, 0.15) is 11.1 Å². The lowest BCUT2D eigenvalue weighted by molar-refractivity contribution is -0.116. The Morgan fingerprint density at radius 2 is 1.67 bits per heavy atom. The van der Waals surface area contributed by atoms with Gasteiger partial charge in [0.05, 0.1) is 5.41 Å². The lowest BCUT2D eigenvalue weighted by Gasteiger charge is -2.29. The third-order valence-electron chi connectivity index (χ3n) is 3.46. The molecule has 5 heteroatoms. The predicted octanol–water partition coefficient (Wildman–Crippen LogP) is 4.24. The van der Waals surface area contributed by atoms with E-state index in [1.54, 1.807) is 0 Å². The number of azide groups is 1. The van der Waals surface area contributed by atoms with Crippen LogP contribution in [-0.2, 0) is 16.6 Å². The molecule has 0 saturated carbocycles. The van der Waals surface area contributed by atoms with Crippen LogP contribution >= 0.6 is 11.6 Å². The van der Waals surface area contributed by atoms with Crippen molar-refractivity contribution in [2.75, 3.05) is 6.54 Å². The van der Waals surface area contributed by atoms with Crippen molar-refractivity contribution >= 4 is 16.8 Å². The average molecular weight is 300 g/mol. The van der Waals surface area contributed by atoms with Crippen LogP contribution in [-0.4, -0.2) is 11.8 Å². The molecule has 2 aromatic carbocycles. The SMILES string of the molecule is [N-]=[N+]=NCC(Cc1ccccc1)(C(=O)Cl)c1ccccc1. The largest absolute Gasteiger partial charge is 0.280 e. The molecule has 0 saturated heterocycles. The molecule has 106 valence electrons. The highest BCUT2D eigenvalue weighted by molar-refractivity contribution is 6.65. The minimum absolute atomic E-state index is 0.00919. The quantitative estimate of drug-likeness (QED) is 0.340. The molecule has 0 radical (unpaired) electrons. The molecule has 0 N–H and O–H groups in total. The van der Waals surface area contributed by atoms with Crippen LogP contribution in [0.4, 0.5) is 0 Å². The van der Waals surface area contributed by atoms with E-state index in [1.165, 1.54) is 0 Å². The number of carbonyl (C=O) groups excluding carboxylic acids is 1. The second kappa shape index (κ2) is 6.93.